The minimum absolute atomic E-state index is 0.0577. The molecule has 0 radical (unpaired) electrons. The number of benzene rings is 2. The highest BCUT2D eigenvalue weighted by Gasteiger charge is 2.25. The van der Waals surface area contributed by atoms with Crippen LogP contribution >= 0.6 is 39.3 Å². The zero-order valence-electron chi connectivity index (χ0n) is 16.0. The molecular weight excluding hydrogens is 460 g/mol. The Morgan fingerprint density at radius 2 is 1.89 bits per heavy atom. The number of carbonyl (C=O) groups excluding carboxylic acids is 2. The van der Waals surface area contributed by atoms with E-state index in [9.17, 15) is 9.59 Å². The summed E-state index contributed by atoms with van der Waals surface area (Å²) in [5.41, 5.74) is 2.08. The van der Waals surface area contributed by atoms with Gasteiger partial charge in [-0.2, -0.15) is 0 Å². The van der Waals surface area contributed by atoms with Crippen molar-refractivity contribution in [2.75, 3.05) is 12.3 Å². The zero-order valence-corrected chi connectivity index (χ0v) is 19.1. The van der Waals surface area contributed by atoms with Gasteiger partial charge in [0.2, 0.25) is 11.8 Å². The lowest BCUT2D eigenvalue weighted by Gasteiger charge is -2.28. The van der Waals surface area contributed by atoms with Crippen molar-refractivity contribution in [1.82, 2.24) is 10.2 Å². The SMILES string of the molecule is CCNC(=O)[C@H](C)N(Cc1cccc(Br)c1)C(=O)CSCc1ccc(Cl)cc1. The molecule has 0 aliphatic heterocycles. The maximum atomic E-state index is 12.9. The average Bonchev–Trinajstić information content (AvgIpc) is 2.67. The van der Waals surface area contributed by atoms with E-state index in [0.29, 0.717) is 29.6 Å². The van der Waals surface area contributed by atoms with Crippen LogP contribution < -0.4 is 5.32 Å². The second-order valence-corrected chi connectivity index (χ2v) is 8.68. The van der Waals surface area contributed by atoms with E-state index in [1.165, 1.54) is 11.8 Å². The van der Waals surface area contributed by atoms with Crippen LogP contribution in [0.2, 0.25) is 5.02 Å². The van der Waals surface area contributed by atoms with Crippen molar-refractivity contribution in [3.63, 3.8) is 0 Å². The maximum Gasteiger partial charge on any atom is 0.242 e. The number of carbonyl (C=O) groups is 2. The third-order valence-electron chi connectivity index (χ3n) is 4.17. The summed E-state index contributed by atoms with van der Waals surface area (Å²) in [5, 5.41) is 3.50. The van der Waals surface area contributed by atoms with Crippen molar-refractivity contribution in [3.8, 4) is 0 Å². The van der Waals surface area contributed by atoms with Crippen LogP contribution in [-0.2, 0) is 21.9 Å². The van der Waals surface area contributed by atoms with E-state index in [1.54, 1.807) is 11.8 Å². The number of halogens is 2. The number of nitrogens with zero attached hydrogens (tertiary/aromatic N) is 1. The molecule has 2 rings (SSSR count). The van der Waals surface area contributed by atoms with Crippen LogP contribution in [0.3, 0.4) is 0 Å². The van der Waals surface area contributed by atoms with Crippen molar-refractivity contribution in [1.29, 1.82) is 0 Å². The highest BCUT2D eigenvalue weighted by Crippen LogP contribution is 2.19. The van der Waals surface area contributed by atoms with Gasteiger partial charge < -0.3 is 10.2 Å². The van der Waals surface area contributed by atoms with Crippen molar-refractivity contribution >= 4 is 51.1 Å². The molecule has 2 aromatic carbocycles. The largest absolute Gasteiger partial charge is 0.355 e. The fraction of sp³-hybridized carbons (Fsp3) is 0.333. The number of hydrogen-bond acceptors (Lipinski definition) is 3. The number of likely N-dealkylation sites (N-methyl/N-ethyl adjacent to an activating group) is 1. The third kappa shape index (κ3) is 7.15. The molecule has 150 valence electrons. The number of nitrogens with one attached hydrogen (secondary N) is 1. The van der Waals surface area contributed by atoms with Crippen LogP contribution in [0.25, 0.3) is 0 Å². The predicted octanol–water partition coefficient (Wildman–Crippen LogP) is 4.89. The summed E-state index contributed by atoms with van der Waals surface area (Å²) in [6.45, 7) is 4.56. The molecule has 0 fully saturated rings. The average molecular weight is 484 g/mol. The fourth-order valence-electron chi connectivity index (χ4n) is 2.66. The van der Waals surface area contributed by atoms with Crippen LogP contribution in [0.4, 0.5) is 0 Å². The molecule has 2 amide bonds. The molecule has 0 spiro atoms. The standard InChI is InChI=1S/C21H24BrClN2O2S/c1-3-24-21(27)15(2)25(12-17-5-4-6-18(22)11-17)20(26)14-28-13-16-7-9-19(23)10-8-16/h4-11,15H,3,12-14H2,1-2H3,(H,24,27)/t15-/m0/s1. The van der Waals surface area contributed by atoms with Gasteiger partial charge >= 0.3 is 0 Å². The molecule has 0 aliphatic carbocycles. The number of thioether (sulfide) groups is 1. The zero-order chi connectivity index (χ0) is 20.5. The fourth-order valence-corrected chi connectivity index (χ4v) is 4.10. The molecule has 1 atom stereocenters. The first-order valence-electron chi connectivity index (χ1n) is 9.04. The Morgan fingerprint density at radius 1 is 1.18 bits per heavy atom. The molecule has 0 heterocycles. The van der Waals surface area contributed by atoms with E-state index in [4.69, 9.17) is 11.6 Å². The van der Waals surface area contributed by atoms with Crippen LogP contribution in [0.5, 0.6) is 0 Å². The second kappa shape index (κ2) is 11.5. The summed E-state index contributed by atoms with van der Waals surface area (Å²) < 4.78 is 0.945. The van der Waals surface area contributed by atoms with Crippen LogP contribution in [0.15, 0.2) is 53.0 Å². The summed E-state index contributed by atoms with van der Waals surface area (Å²) >= 11 is 10.9. The van der Waals surface area contributed by atoms with E-state index in [2.05, 4.69) is 21.2 Å². The van der Waals surface area contributed by atoms with Gasteiger partial charge in [0.15, 0.2) is 0 Å². The van der Waals surface area contributed by atoms with Gasteiger partial charge in [0.1, 0.15) is 6.04 Å². The Balaban J connectivity index is 2.04. The molecule has 1 N–H and O–H groups in total. The van der Waals surface area contributed by atoms with Crippen molar-refractivity contribution in [2.24, 2.45) is 0 Å². The van der Waals surface area contributed by atoms with Crippen LogP contribution in [-0.4, -0.2) is 35.1 Å². The van der Waals surface area contributed by atoms with Crippen LogP contribution in [0, 0.1) is 0 Å². The van der Waals surface area contributed by atoms with Gasteiger partial charge in [0, 0.05) is 28.3 Å². The maximum absolute atomic E-state index is 12.9. The van der Waals surface area contributed by atoms with Gasteiger partial charge in [-0.05, 0) is 49.2 Å². The Hall–Kier alpha value is -1.50. The highest BCUT2D eigenvalue weighted by atomic mass is 79.9. The second-order valence-electron chi connectivity index (χ2n) is 6.34. The molecule has 7 heteroatoms. The molecule has 28 heavy (non-hydrogen) atoms. The van der Waals surface area contributed by atoms with Gasteiger partial charge in [-0.1, -0.05) is 51.8 Å². The van der Waals surface area contributed by atoms with Gasteiger partial charge in [-0.15, -0.1) is 11.8 Å². The van der Waals surface area contributed by atoms with E-state index in [-0.39, 0.29) is 11.8 Å². The number of rotatable bonds is 9. The Bertz CT molecular complexity index is 801. The highest BCUT2D eigenvalue weighted by molar-refractivity contribution is 9.10. The minimum atomic E-state index is -0.539. The van der Waals surface area contributed by atoms with Crippen molar-refractivity contribution in [2.45, 2.75) is 32.2 Å². The lowest BCUT2D eigenvalue weighted by molar-refractivity contribution is -0.138. The summed E-state index contributed by atoms with van der Waals surface area (Å²) in [5.74, 6) is 0.815. The van der Waals surface area contributed by atoms with Gasteiger partial charge in [0.25, 0.3) is 0 Å². The first-order valence-corrected chi connectivity index (χ1v) is 11.4. The van der Waals surface area contributed by atoms with E-state index < -0.39 is 6.04 Å². The number of hydrogen-bond donors (Lipinski definition) is 1. The lowest BCUT2D eigenvalue weighted by atomic mass is 10.1. The number of amides is 2. The Labute approximate surface area is 184 Å². The molecule has 0 aliphatic rings. The first-order chi connectivity index (χ1) is 13.4. The smallest absolute Gasteiger partial charge is 0.242 e. The Kier molecular flexibility index (Phi) is 9.35. The first kappa shape index (κ1) is 22.8. The van der Waals surface area contributed by atoms with Gasteiger partial charge in [-0.25, -0.2) is 0 Å². The summed E-state index contributed by atoms with van der Waals surface area (Å²) in [4.78, 5) is 26.9. The van der Waals surface area contributed by atoms with Crippen molar-refractivity contribution in [3.05, 3.63) is 69.2 Å². The normalized spacial score (nSPS) is 11.7. The monoisotopic (exact) mass is 482 g/mol. The molecule has 0 aromatic heterocycles. The minimum Gasteiger partial charge on any atom is -0.355 e. The van der Waals surface area contributed by atoms with E-state index in [1.807, 2.05) is 55.5 Å². The van der Waals surface area contributed by atoms with Gasteiger partial charge in [0.05, 0.1) is 5.75 Å². The summed E-state index contributed by atoms with van der Waals surface area (Å²) in [6, 6.07) is 14.8. The predicted molar refractivity (Wildman–Crippen MR) is 120 cm³/mol. The molecule has 2 aromatic rings. The summed E-state index contributed by atoms with van der Waals surface area (Å²) in [7, 11) is 0. The van der Waals surface area contributed by atoms with Crippen molar-refractivity contribution < 1.29 is 9.59 Å². The van der Waals surface area contributed by atoms with E-state index >= 15 is 0 Å². The van der Waals surface area contributed by atoms with Crippen LogP contribution in [0.1, 0.15) is 25.0 Å². The molecule has 0 saturated carbocycles. The molecule has 0 saturated heterocycles. The molecule has 0 bridgehead atoms. The van der Waals surface area contributed by atoms with Gasteiger partial charge in [-0.3, -0.25) is 9.59 Å². The molecular formula is C21H24BrClN2O2S. The topological polar surface area (TPSA) is 49.4 Å². The van der Waals surface area contributed by atoms with E-state index in [0.717, 1.165) is 15.6 Å². The summed E-state index contributed by atoms with van der Waals surface area (Å²) in [6.07, 6.45) is 0. The third-order valence-corrected chi connectivity index (χ3v) is 5.90. The molecule has 4 nitrogen and oxygen atoms in total. The quantitative estimate of drug-likeness (QED) is 0.552. The Morgan fingerprint density at radius 3 is 2.54 bits per heavy atom. The molecule has 0 unspecified atom stereocenters. The lowest BCUT2D eigenvalue weighted by Crippen LogP contribution is -2.48.